The summed E-state index contributed by atoms with van der Waals surface area (Å²) in [6.45, 7) is 12.2. The number of benzene rings is 1. The van der Waals surface area contributed by atoms with Crippen molar-refractivity contribution in [3.8, 4) is 5.69 Å². The fourth-order valence-corrected chi connectivity index (χ4v) is 3.78. The van der Waals surface area contributed by atoms with Gasteiger partial charge in [-0.1, -0.05) is 31.5 Å². The van der Waals surface area contributed by atoms with Crippen LogP contribution in [0.4, 0.5) is 0 Å². The molecule has 1 fully saturated rings. The molecule has 2 aromatic rings. The largest absolute Gasteiger partial charge is 0.396 e. The lowest BCUT2D eigenvalue weighted by Crippen LogP contribution is -2.53. The molecule has 0 amide bonds. The monoisotopic (exact) mass is 370 g/mol. The Morgan fingerprint density at radius 1 is 1.19 bits per heavy atom. The van der Waals surface area contributed by atoms with Gasteiger partial charge >= 0.3 is 0 Å². The minimum atomic E-state index is 0.266. The molecule has 2 heterocycles. The summed E-state index contributed by atoms with van der Waals surface area (Å²) in [5.74, 6) is 0.727. The predicted molar refractivity (Wildman–Crippen MR) is 110 cm³/mol. The van der Waals surface area contributed by atoms with Crippen LogP contribution in [-0.2, 0) is 6.54 Å². The first-order valence-corrected chi connectivity index (χ1v) is 10.2. The van der Waals surface area contributed by atoms with Crippen LogP contribution >= 0.6 is 0 Å². The van der Waals surface area contributed by atoms with Crippen molar-refractivity contribution in [2.45, 2.75) is 46.2 Å². The highest BCUT2D eigenvalue weighted by atomic mass is 16.3. The first-order valence-electron chi connectivity index (χ1n) is 10.2. The van der Waals surface area contributed by atoms with Gasteiger partial charge in [0.05, 0.1) is 11.9 Å². The van der Waals surface area contributed by atoms with Crippen molar-refractivity contribution in [2.75, 3.05) is 32.8 Å². The molecule has 27 heavy (non-hydrogen) atoms. The molecule has 3 rings (SSSR count). The highest BCUT2D eigenvalue weighted by Gasteiger charge is 2.26. The van der Waals surface area contributed by atoms with Crippen molar-refractivity contribution < 1.29 is 5.11 Å². The third-order valence-corrected chi connectivity index (χ3v) is 5.49. The van der Waals surface area contributed by atoms with Crippen molar-refractivity contribution in [2.24, 2.45) is 5.92 Å². The van der Waals surface area contributed by atoms with Crippen molar-refractivity contribution in [3.05, 3.63) is 47.8 Å². The second-order valence-corrected chi connectivity index (χ2v) is 8.25. The van der Waals surface area contributed by atoms with Gasteiger partial charge in [-0.05, 0) is 44.4 Å². The smallest absolute Gasteiger partial charge is 0.0645 e. The average Bonchev–Trinajstić information content (AvgIpc) is 3.10. The SMILES string of the molecule is Cc1ccc(-n2cc(CN3CCN(CCC(C)C)[C@@H](CCO)C3)cn2)cc1. The molecule has 5 nitrogen and oxygen atoms in total. The van der Waals surface area contributed by atoms with Crippen LogP contribution in [0.5, 0.6) is 0 Å². The molecule has 1 aliphatic rings. The van der Waals surface area contributed by atoms with Crippen LogP contribution in [0.3, 0.4) is 0 Å². The third-order valence-electron chi connectivity index (χ3n) is 5.49. The zero-order valence-corrected chi connectivity index (χ0v) is 17.0. The van der Waals surface area contributed by atoms with Gasteiger partial charge in [0.25, 0.3) is 0 Å². The van der Waals surface area contributed by atoms with E-state index in [1.807, 2.05) is 10.9 Å². The molecule has 1 aliphatic heterocycles. The van der Waals surface area contributed by atoms with Gasteiger partial charge < -0.3 is 5.11 Å². The van der Waals surface area contributed by atoms with Crippen LogP contribution in [0.15, 0.2) is 36.7 Å². The van der Waals surface area contributed by atoms with Crippen LogP contribution in [0, 0.1) is 12.8 Å². The molecular weight excluding hydrogens is 336 g/mol. The highest BCUT2D eigenvalue weighted by molar-refractivity contribution is 5.33. The Labute approximate surface area is 163 Å². The fourth-order valence-electron chi connectivity index (χ4n) is 3.78. The van der Waals surface area contributed by atoms with Crippen molar-refractivity contribution in [3.63, 3.8) is 0 Å². The molecule has 0 aliphatic carbocycles. The molecule has 0 unspecified atom stereocenters. The molecule has 1 aromatic heterocycles. The van der Waals surface area contributed by atoms with E-state index in [1.54, 1.807) is 0 Å². The molecule has 0 bridgehead atoms. The standard InChI is InChI=1S/C22H34N4O/c1-18(2)8-10-25-12-11-24(17-22(25)9-13-27)15-20-14-23-26(16-20)21-6-4-19(3)5-7-21/h4-7,14,16,18,22,27H,8-13,15,17H2,1-3H3/t22-/m0/s1. The summed E-state index contributed by atoms with van der Waals surface area (Å²) >= 11 is 0. The van der Waals surface area contributed by atoms with E-state index in [0.717, 1.165) is 50.7 Å². The first kappa shape index (κ1) is 20.1. The predicted octanol–water partition coefficient (Wildman–Crippen LogP) is 3.10. The van der Waals surface area contributed by atoms with E-state index in [2.05, 4.69) is 66.1 Å². The quantitative estimate of drug-likeness (QED) is 0.776. The highest BCUT2D eigenvalue weighted by Crippen LogP contribution is 2.18. The van der Waals surface area contributed by atoms with E-state index in [0.29, 0.717) is 6.04 Å². The summed E-state index contributed by atoms with van der Waals surface area (Å²) in [7, 11) is 0. The van der Waals surface area contributed by atoms with E-state index >= 15 is 0 Å². The zero-order valence-electron chi connectivity index (χ0n) is 17.0. The molecule has 0 saturated carbocycles. The molecule has 1 saturated heterocycles. The molecule has 0 radical (unpaired) electrons. The molecule has 148 valence electrons. The molecule has 1 N–H and O–H groups in total. The van der Waals surface area contributed by atoms with Crippen molar-refractivity contribution in [1.82, 2.24) is 19.6 Å². The first-order chi connectivity index (χ1) is 13.0. The molecule has 1 aromatic carbocycles. The number of aliphatic hydroxyl groups excluding tert-OH is 1. The maximum absolute atomic E-state index is 9.48. The van der Waals surface area contributed by atoms with Gasteiger partial charge in [0.15, 0.2) is 0 Å². The van der Waals surface area contributed by atoms with Gasteiger partial charge in [-0.2, -0.15) is 5.10 Å². The lowest BCUT2D eigenvalue weighted by molar-refractivity contribution is 0.0524. The average molecular weight is 371 g/mol. The van der Waals surface area contributed by atoms with Crippen molar-refractivity contribution >= 4 is 0 Å². The topological polar surface area (TPSA) is 44.5 Å². The number of hydrogen-bond acceptors (Lipinski definition) is 4. The molecule has 0 spiro atoms. The fraction of sp³-hybridized carbons (Fsp3) is 0.591. The number of aromatic nitrogens is 2. The van der Waals surface area contributed by atoms with E-state index in [9.17, 15) is 5.11 Å². The second kappa shape index (κ2) is 9.49. The van der Waals surface area contributed by atoms with Gasteiger partial charge in [-0.3, -0.25) is 9.80 Å². The van der Waals surface area contributed by atoms with Gasteiger partial charge in [0.2, 0.25) is 0 Å². The van der Waals surface area contributed by atoms with E-state index in [4.69, 9.17) is 0 Å². The Kier molecular flexibility index (Phi) is 7.05. The van der Waals surface area contributed by atoms with Crippen LogP contribution < -0.4 is 0 Å². The maximum Gasteiger partial charge on any atom is 0.0645 e. The second-order valence-electron chi connectivity index (χ2n) is 8.25. The summed E-state index contributed by atoms with van der Waals surface area (Å²) in [6, 6.07) is 8.90. The lowest BCUT2D eigenvalue weighted by Gasteiger charge is -2.41. The number of rotatable bonds is 8. The minimum Gasteiger partial charge on any atom is -0.396 e. The Hall–Kier alpha value is -1.69. The van der Waals surface area contributed by atoms with Gasteiger partial charge in [-0.25, -0.2) is 4.68 Å². The third kappa shape index (κ3) is 5.64. The zero-order chi connectivity index (χ0) is 19.2. The molecular formula is C22H34N4O. The lowest BCUT2D eigenvalue weighted by atomic mass is 10.1. The molecule has 1 atom stereocenters. The van der Waals surface area contributed by atoms with Gasteiger partial charge in [0, 0.05) is 50.6 Å². The number of nitrogens with zero attached hydrogens (tertiary/aromatic N) is 4. The Morgan fingerprint density at radius 2 is 1.96 bits per heavy atom. The van der Waals surface area contributed by atoms with Crippen LogP contribution in [0.25, 0.3) is 5.69 Å². The summed E-state index contributed by atoms with van der Waals surface area (Å²) in [5, 5.41) is 14.0. The summed E-state index contributed by atoms with van der Waals surface area (Å²) in [6.07, 6.45) is 6.20. The van der Waals surface area contributed by atoms with E-state index < -0.39 is 0 Å². The summed E-state index contributed by atoms with van der Waals surface area (Å²) < 4.78 is 1.96. The normalized spacial score (nSPS) is 19.1. The van der Waals surface area contributed by atoms with E-state index in [1.165, 1.54) is 17.5 Å². The van der Waals surface area contributed by atoms with Gasteiger partial charge in [-0.15, -0.1) is 0 Å². The maximum atomic E-state index is 9.48. The Balaban J connectivity index is 1.59. The number of piperazine rings is 1. The number of aryl methyl sites for hydroxylation is 1. The number of hydrogen-bond donors (Lipinski definition) is 1. The van der Waals surface area contributed by atoms with Crippen LogP contribution in [0.1, 0.15) is 37.8 Å². The molecule has 5 heteroatoms. The van der Waals surface area contributed by atoms with E-state index in [-0.39, 0.29) is 6.61 Å². The number of aliphatic hydroxyl groups is 1. The van der Waals surface area contributed by atoms with Crippen LogP contribution in [0.2, 0.25) is 0 Å². The Bertz CT molecular complexity index is 695. The summed E-state index contributed by atoms with van der Waals surface area (Å²) in [4.78, 5) is 5.07. The summed E-state index contributed by atoms with van der Waals surface area (Å²) in [5.41, 5.74) is 3.61. The van der Waals surface area contributed by atoms with Crippen LogP contribution in [-0.4, -0.2) is 63.5 Å². The minimum absolute atomic E-state index is 0.266. The van der Waals surface area contributed by atoms with Gasteiger partial charge in [0.1, 0.15) is 0 Å². The Morgan fingerprint density at radius 3 is 2.67 bits per heavy atom. The van der Waals surface area contributed by atoms with Crippen molar-refractivity contribution in [1.29, 1.82) is 0 Å².